The lowest BCUT2D eigenvalue weighted by molar-refractivity contribution is 0.1000. The molecule has 1 amide bonds. The van der Waals surface area contributed by atoms with Gasteiger partial charge < -0.3 is 8.98 Å². The maximum atomic E-state index is 11.7. The fourth-order valence-electron chi connectivity index (χ4n) is 4.36. The van der Waals surface area contributed by atoms with E-state index in [1.165, 1.54) is 21.6 Å². The fourth-order valence-corrected chi connectivity index (χ4v) is 4.89. The van der Waals surface area contributed by atoms with Crippen molar-refractivity contribution in [3.8, 4) is 5.69 Å². The van der Waals surface area contributed by atoms with E-state index in [-0.39, 0.29) is 20.8 Å². The van der Waals surface area contributed by atoms with Crippen molar-refractivity contribution in [3.05, 3.63) is 142 Å². The van der Waals surface area contributed by atoms with Crippen LogP contribution >= 0.6 is 11.3 Å². The van der Waals surface area contributed by atoms with Crippen molar-refractivity contribution in [2.24, 2.45) is 4.99 Å². The monoisotopic (exact) mass is 566 g/mol. The van der Waals surface area contributed by atoms with Gasteiger partial charge >= 0.3 is 0 Å². The molecule has 4 nitrogen and oxygen atoms in total. The molecule has 0 radical (unpaired) electrons. The Labute approximate surface area is 249 Å². The van der Waals surface area contributed by atoms with Crippen LogP contribution in [0.1, 0.15) is 66.5 Å². The molecule has 5 aromatic rings. The molecule has 3 aromatic heterocycles. The van der Waals surface area contributed by atoms with E-state index in [4.69, 9.17) is 4.42 Å². The van der Waals surface area contributed by atoms with Crippen LogP contribution < -0.4 is 0 Å². The zero-order chi connectivity index (χ0) is 27.6. The predicted octanol–water partition coefficient (Wildman–Crippen LogP) is 10.2. The Morgan fingerprint density at radius 3 is 2.10 bits per heavy atom. The quantitative estimate of drug-likeness (QED) is 0.203. The second-order valence-corrected chi connectivity index (χ2v) is 10.6. The number of benzene rings is 2. The lowest BCUT2D eigenvalue weighted by Gasteiger charge is -2.13. The van der Waals surface area contributed by atoms with Gasteiger partial charge in [-0.25, -0.2) is 4.99 Å². The standard InChI is InChI=1S/C14H12N2O.C10H10.C5H6O.C5H6S.2CH4/c1-10-9-13-12(14(17)15-10)7-8-16(13)11-5-3-2-4-6-11;1-8-6-7-9-4-2-3-5-10(8)9;2*1-5-3-2-4-6-5;;/h2-8H,9H2,1H3;2-6H,7H2,1H3;2*2-4H,1H3;2*1H4. The highest BCUT2D eigenvalue weighted by Crippen LogP contribution is 2.26. The summed E-state index contributed by atoms with van der Waals surface area (Å²) in [6, 6.07) is 28.4. The zero-order valence-corrected chi connectivity index (χ0v) is 23.7. The summed E-state index contributed by atoms with van der Waals surface area (Å²) in [5.41, 5.74) is 8.04. The number of carbonyl (C=O) groups excluding carboxylic acids is 1. The average molecular weight is 567 g/mol. The normalized spacial score (nSPS) is 12.1. The van der Waals surface area contributed by atoms with Gasteiger partial charge in [0, 0.05) is 34.6 Å². The van der Waals surface area contributed by atoms with Crippen molar-refractivity contribution in [1.82, 2.24) is 4.57 Å². The minimum absolute atomic E-state index is 0. The molecule has 2 aromatic carbocycles. The summed E-state index contributed by atoms with van der Waals surface area (Å²) >= 11 is 1.78. The molecule has 0 fully saturated rings. The topological polar surface area (TPSA) is 47.5 Å². The van der Waals surface area contributed by atoms with Crippen molar-refractivity contribution in [1.29, 1.82) is 0 Å². The maximum Gasteiger partial charge on any atom is 0.278 e. The molecular weight excluding hydrogens is 524 g/mol. The Kier molecular flexibility index (Phi) is 13.0. The van der Waals surface area contributed by atoms with Gasteiger partial charge in [-0.15, -0.1) is 11.3 Å². The number of furan rings is 1. The van der Waals surface area contributed by atoms with E-state index in [9.17, 15) is 4.79 Å². The minimum atomic E-state index is -0.126. The van der Waals surface area contributed by atoms with Gasteiger partial charge in [0.2, 0.25) is 0 Å². The zero-order valence-electron chi connectivity index (χ0n) is 22.9. The summed E-state index contributed by atoms with van der Waals surface area (Å²) in [5.74, 6) is 0.841. The van der Waals surface area contributed by atoms with Crippen LogP contribution in [0.4, 0.5) is 0 Å². The number of fused-ring (bicyclic) bond motifs is 2. The predicted molar refractivity (Wildman–Crippen MR) is 177 cm³/mol. The van der Waals surface area contributed by atoms with Gasteiger partial charge in [0.05, 0.1) is 11.8 Å². The van der Waals surface area contributed by atoms with Crippen molar-refractivity contribution >= 4 is 28.5 Å². The van der Waals surface area contributed by atoms with Gasteiger partial charge in [0.1, 0.15) is 5.76 Å². The lowest BCUT2D eigenvalue weighted by Crippen LogP contribution is -2.15. The molecule has 0 saturated heterocycles. The number of hydrogen-bond acceptors (Lipinski definition) is 3. The Balaban J connectivity index is 0.000000209. The first-order valence-electron chi connectivity index (χ1n) is 13.0. The molecule has 0 bridgehead atoms. The number of rotatable bonds is 1. The van der Waals surface area contributed by atoms with E-state index < -0.39 is 0 Å². The van der Waals surface area contributed by atoms with Crippen LogP contribution in [0.2, 0.25) is 0 Å². The van der Waals surface area contributed by atoms with E-state index in [1.54, 1.807) is 17.6 Å². The highest BCUT2D eigenvalue weighted by Gasteiger charge is 2.21. The van der Waals surface area contributed by atoms with Crippen LogP contribution in [0.25, 0.3) is 11.3 Å². The highest BCUT2D eigenvalue weighted by molar-refractivity contribution is 7.09. The van der Waals surface area contributed by atoms with E-state index in [1.807, 2.05) is 68.6 Å². The molecule has 41 heavy (non-hydrogen) atoms. The second-order valence-electron chi connectivity index (χ2n) is 9.41. The molecule has 4 heterocycles. The summed E-state index contributed by atoms with van der Waals surface area (Å²) in [7, 11) is 0. The van der Waals surface area contributed by atoms with Crippen LogP contribution in [0, 0.1) is 13.8 Å². The summed E-state index contributed by atoms with van der Waals surface area (Å²) in [4.78, 5) is 17.1. The van der Waals surface area contributed by atoms with Crippen LogP contribution in [-0.4, -0.2) is 16.2 Å². The van der Waals surface area contributed by atoms with Crippen LogP contribution in [0.15, 0.2) is 118 Å². The third-order valence-electron chi connectivity index (χ3n) is 6.37. The summed E-state index contributed by atoms with van der Waals surface area (Å²) in [6.45, 7) is 8.08. The highest BCUT2D eigenvalue weighted by atomic mass is 32.1. The summed E-state index contributed by atoms with van der Waals surface area (Å²) in [5, 5.41) is 2.08. The lowest BCUT2D eigenvalue weighted by atomic mass is 10.1. The van der Waals surface area contributed by atoms with Gasteiger partial charge in [0.15, 0.2) is 0 Å². The Morgan fingerprint density at radius 1 is 0.805 bits per heavy atom. The molecule has 7 rings (SSSR count). The number of nitrogens with zero attached hydrogens (tertiary/aromatic N) is 2. The maximum absolute atomic E-state index is 11.7. The molecule has 1 aliphatic heterocycles. The van der Waals surface area contributed by atoms with Gasteiger partial charge in [0.25, 0.3) is 5.91 Å². The van der Waals surface area contributed by atoms with Gasteiger partial charge in [-0.3, -0.25) is 4.79 Å². The van der Waals surface area contributed by atoms with E-state index >= 15 is 0 Å². The first-order chi connectivity index (χ1) is 18.9. The van der Waals surface area contributed by atoms with Crippen molar-refractivity contribution < 1.29 is 9.21 Å². The van der Waals surface area contributed by atoms with E-state index in [2.05, 4.69) is 71.3 Å². The van der Waals surface area contributed by atoms with Crippen LogP contribution in [0.3, 0.4) is 0 Å². The number of thiophene rings is 1. The smallest absolute Gasteiger partial charge is 0.278 e. The van der Waals surface area contributed by atoms with Crippen molar-refractivity contribution in [2.75, 3.05) is 0 Å². The number of carbonyl (C=O) groups is 1. The fraction of sp³-hybridized carbons (Fsp3) is 0.222. The van der Waals surface area contributed by atoms with Crippen LogP contribution in [-0.2, 0) is 12.8 Å². The van der Waals surface area contributed by atoms with Crippen molar-refractivity contribution in [2.45, 2.75) is 55.4 Å². The molecule has 0 atom stereocenters. The van der Waals surface area contributed by atoms with E-state index in [0.717, 1.165) is 41.3 Å². The van der Waals surface area contributed by atoms with E-state index in [0.29, 0.717) is 0 Å². The average Bonchev–Trinajstić information content (AvgIpc) is 3.76. The SMILES string of the molecule is C.C.CC1=CCc2ccccc21.CC1=NC(=O)c2ccn(-c3ccccc3)c2C1.Cc1ccco1.Cc1cccs1. The Bertz CT molecular complexity index is 1510. The molecular formula is C36H42N2O2S. The Morgan fingerprint density at radius 2 is 1.54 bits per heavy atom. The molecule has 0 saturated carbocycles. The number of amides is 1. The molecule has 5 heteroatoms. The Hall–Kier alpha value is -4.22. The number of hydrogen-bond donors (Lipinski definition) is 0. The first kappa shape index (κ1) is 33.0. The second kappa shape index (κ2) is 16.1. The molecule has 1 aliphatic carbocycles. The summed E-state index contributed by atoms with van der Waals surface area (Å²) in [6.07, 6.45) is 7.75. The molecule has 0 spiro atoms. The van der Waals surface area contributed by atoms with Gasteiger partial charge in [-0.05, 0) is 92.6 Å². The first-order valence-corrected chi connectivity index (χ1v) is 13.9. The largest absolute Gasteiger partial charge is 0.470 e. The minimum Gasteiger partial charge on any atom is -0.470 e. The number of aliphatic imine (C=N–C) groups is 1. The van der Waals surface area contributed by atoms with Crippen molar-refractivity contribution in [3.63, 3.8) is 0 Å². The molecule has 214 valence electrons. The number of aromatic nitrogens is 1. The van der Waals surface area contributed by atoms with Gasteiger partial charge in [-0.1, -0.05) is 69.5 Å². The summed E-state index contributed by atoms with van der Waals surface area (Å²) < 4.78 is 6.89. The number of aryl methyl sites for hydroxylation is 2. The third-order valence-corrected chi connectivity index (χ3v) is 7.17. The number of allylic oxidation sites excluding steroid dienone is 2. The van der Waals surface area contributed by atoms with Crippen LogP contribution in [0.5, 0.6) is 0 Å². The molecule has 0 N–H and O–H groups in total. The van der Waals surface area contributed by atoms with Gasteiger partial charge in [-0.2, -0.15) is 0 Å². The molecule has 2 aliphatic rings. The third kappa shape index (κ3) is 9.16. The number of para-hydroxylation sites is 1. The molecule has 0 unspecified atom stereocenters.